The second kappa shape index (κ2) is 3.82. The molecule has 0 atom stereocenters. The van der Waals surface area contributed by atoms with Crippen molar-refractivity contribution in [3.05, 3.63) is 22.1 Å². The molecule has 0 radical (unpaired) electrons. The van der Waals surface area contributed by atoms with E-state index in [1.807, 2.05) is 0 Å². The summed E-state index contributed by atoms with van der Waals surface area (Å²) in [6.45, 7) is 0. The Balaban J connectivity index is 2.24. The zero-order valence-corrected chi connectivity index (χ0v) is 8.03. The van der Waals surface area contributed by atoms with Gasteiger partial charge in [0.1, 0.15) is 6.29 Å². The molecule has 14 heavy (non-hydrogen) atoms. The maximum absolute atomic E-state index is 11.5. The van der Waals surface area contributed by atoms with E-state index in [-0.39, 0.29) is 5.56 Å². The lowest BCUT2D eigenvalue weighted by Gasteiger charge is -2.09. The standard InChI is InChI=1S/C10H14N2O2/c13-6-5-8-7-10(14)12(11-8)9-3-1-2-4-9/h6-7,9,11H,1-5H2. The first-order valence-corrected chi connectivity index (χ1v) is 5.05. The minimum absolute atomic E-state index is 0.00579. The molecule has 1 aromatic rings. The van der Waals surface area contributed by atoms with Crippen molar-refractivity contribution in [2.24, 2.45) is 0 Å². The summed E-state index contributed by atoms with van der Waals surface area (Å²) in [5, 5.41) is 3.00. The van der Waals surface area contributed by atoms with E-state index >= 15 is 0 Å². The zero-order valence-electron chi connectivity index (χ0n) is 8.03. The lowest BCUT2D eigenvalue weighted by Crippen LogP contribution is -2.19. The Bertz CT molecular complexity index is 372. The average Bonchev–Trinajstić information content (AvgIpc) is 2.74. The molecule has 1 N–H and O–H groups in total. The molecule has 0 bridgehead atoms. The topological polar surface area (TPSA) is 54.9 Å². The van der Waals surface area contributed by atoms with E-state index in [2.05, 4.69) is 5.10 Å². The number of carbonyl (C=O) groups is 1. The molecule has 76 valence electrons. The van der Waals surface area contributed by atoms with Crippen LogP contribution in [-0.4, -0.2) is 16.1 Å². The molecule has 1 aliphatic rings. The van der Waals surface area contributed by atoms with Gasteiger partial charge in [0.2, 0.25) is 0 Å². The van der Waals surface area contributed by atoms with Gasteiger partial charge in [0.15, 0.2) is 0 Å². The van der Waals surface area contributed by atoms with Crippen LogP contribution in [0.2, 0.25) is 0 Å². The molecule has 0 aromatic carbocycles. The van der Waals surface area contributed by atoms with Crippen molar-refractivity contribution in [1.29, 1.82) is 0 Å². The molecule has 4 heteroatoms. The van der Waals surface area contributed by atoms with Crippen LogP contribution in [0.4, 0.5) is 0 Å². The number of aromatic nitrogens is 2. The Labute approximate surface area is 81.9 Å². The molecular weight excluding hydrogens is 180 g/mol. The minimum atomic E-state index is -0.00579. The molecule has 1 aromatic heterocycles. The fourth-order valence-corrected chi connectivity index (χ4v) is 2.09. The fourth-order valence-electron chi connectivity index (χ4n) is 2.09. The Morgan fingerprint density at radius 1 is 1.50 bits per heavy atom. The highest BCUT2D eigenvalue weighted by atomic mass is 16.1. The number of rotatable bonds is 3. The molecule has 0 aliphatic heterocycles. The minimum Gasteiger partial charge on any atom is -0.303 e. The Morgan fingerprint density at radius 2 is 2.21 bits per heavy atom. The first-order chi connectivity index (χ1) is 6.81. The number of aromatic amines is 1. The predicted molar refractivity (Wildman–Crippen MR) is 52.3 cm³/mol. The SMILES string of the molecule is O=CCc1cc(=O)n(C2CCCC2)[nH]1. The van der Waals surface area contributed by atoms with Crippen LogP contribution >= 0.6 is 0 Å². The number of H-pyrrole nitrogens is 1. The van der Waals surface area contributed by atoms with Crippen LogP contribution in [0.15, 0.2) is 10.9 Å². The first kappa shape index (κ1) is 9.24. The van der Waals surface area contributed by atoms with Gasteiger partial charge in [-0.25, -0.2) is 4.68 Å². The van der Waals surface area contributed by atoms with Crippen LogP contribution in [0, 0.1) is 0 Å². The van der Waals surface area contributed by atoms with Crippen molar-refractivity contribution < 1.29 is 4.79 Å². The van der Waals surface area contributed by atoms with Gasteiger partial charge in [-0.1, -0.05) is 12.8 Å². The molecule has 4 nitrogen and oxygen atoms in total. The lowest BCUT2D eigenvalue weighted by atomic mass is 10.3. The van der Waals surface area contributed by atoms with Gasteiger partial charge >= 0.3 is 0 Å². The third kappa shape index (κ3) is 1.64. The number of nitrogens with zero attached hydrogens (tertiary/aromatic N) is 1. The molecule has 1 heterocycles. The third-order valence-corrected chi connectivity index (χ3v) is 2.79. The summed E-state index contributed by atoms with van der Waals surface area (Å²) in [5.74, 6) is 0. The highest BCUT2D eigenvalue weighted by molar-refractivity contribution is 5.53. The van der Waals surface area contributed by atoms with Crippen molar-refractivity contribution >= 4 is 6.29 Å². The van der Waals surface area contributed by atoms with Crippen LogP contribution in [-0.2, 0) is 11.2 Å². The molecule has 1 fully saturated rings. The zero-order chi connectivity index (χ0) is 9.97. The summed E-state index contributed by atoms with van der Waals surface area (Å²) in [5.41, 5.74) is 0.714. The second-order valence-electron chi connectivity index (χ2n) is 3.80. The molecule has 0 spiro atoms. The third-order valence-electron chi connectivity index (χ3n) is 2.79. The number of carbonyl (C=O) groups excluding carboxylic acids is 1. The predicted octanol–water partition coefficient (Wildman–Crippen LogP) is 1.03. The van der Waals surface area contributed by atoms with Gasteiger partial charge in [0, 0.05) is 18.2 Å². The van der Waals surface area contributed by atoms with Gasteiger partial charge in [-0.3, -0.25) is 9.89 Å². The van der Waals surface area contributed by atoms with E-state index in [1.54, 1.807) is 4.68 Å². The molecule has 0 saturated heterocycles. The van der Waals surface area contributed by atoms with Crippen LogP contribution in [0.3, 0.4) is 0 Å². The van der Waals surface area contributed by atoms with Gasteiger partial charge in [-0.05, 0) is 12.8 Å². The Hall–Kier alpha value is -1.32. The number of hydrogen-bond acceptors (Lipinski definition) is 2. The van der Waals surface area contributed by atoms with E-state index in [0.29, 0.717) is 12.5 Å². The van der Waals surface area contributed by atoms with E-state index in [4.69, 9.17) is 0 Å². The second-order valence-corrected chi connectivity index (χ2v) is 3.80. The van der Waals surface area contributed by atoms with Crippen molar-refractivity contribution in [3.8, 4) is 0 Å². The van der Waals surface area contributed by atoms with Crippen LogP contribution < -0.4 is 5.56 Å². The fraction of sp³-hybridized carbons (Fsp3) is 0.600. The molecule has 0 unspecified atom stereocenters. The average molecular weight is 194 g/mol. The Morgan fingerprint density at radius 3 is 2.86 bits per heavy atom. The van der Waals surface area contributed by atoms with E-state index in [9.17, 15) is 9.59 Å². The van der Waals surface area contributed by atoms with E-state index in [1.165, 1.54) is 18.9 Å². The Kier molecular flexibility index (Phi) is 2.52. The number of hydrogen-bond donors (Lipinski definition) is 1. The number of nitrogens with one attached hydrogen (secondary N) is 1. The molecular formula is C10H14N2O2. The van der Waals surface area contributed by atoms with Gasteiger partial charge in [0.05, 0.1) is 6.04 Å². The molecule has 1 saturated carbocycles. The van der Waals surface area contributed by atoms with Crippen molar-refractivity contribution in [3.63, 3.8) is 0 Å². The normalized spacial score (nSPS) is 17.4. The highest BCUT2D eigenvalue weighted by Crippen LogP contribution is 2.27. The van der Waals surface area contributed by atoms with Gasteiger partial charge < -0.3 is 4.79 Å². The van der Waals surface area contributed by atoms with Gasteiger partial charge in [0.25, 0.3) is 5.56 Å². The summed E-state index contributed by atoms with van der Waals surface area (Å²) in [4.78, 5) is 21.8. The summed E-state index contributed by atoms with van der Waals surface area (Å²) in [6.07, 6.45) is 5.64. The van der Waals surface area contributed by atoms with Crippen molar-refractivity contribution in [2.45, 2.75) is 38.1 Å². The van der Waals surface area contributed by atoms with E-state index < -0.39 is 0 Å². The quantitative estimate of drug-likeness (QED) is 0.731. The van der Waals surface area contributed by atoms with Crippen LogP contribution in [0.25, 0.3) is 0 Å². The summed E-state index contributed by atoms with van der Waals surface area (Å²) in [7, 11) is 0. The summed E-state index contributed by atoms with van der Waals surface area (Å²) in [6, 6.07) is 1.84. The van der Waals surface area contributed by atoms with Crippen molar-refractivity contribution in [1.82, 2.24) is 9.78 Å². The van der Waals surface area contributed by atoms with Gasteiger partial charge in [-0.15, -0.1) is 0 Å². The van der Waals surface area contributed by atoms with Gasteiger partial charge in [-0.2, -0.15) is 0 Å². The smallest absolute Gasteiger partial charge is 0.266 e. The van der Waals surface area contributed by atoms with Crippen LogP contribution in [0.5, 0.6) is 0 Å². The maximum Gasteiger partial charge on any atom is 0.266 e. The molecule has 2 rings (SSSR count). The molecule has 0 amide bonds. The number of aldehydes is 1. The monoisotopic (exact) mass is 194 g/mol. The highest BCUT2D eigenvalue weighted by Gasteiger charge is 2.19. The summed E-state index contributed by atoms with van der Waals surface area (Å²) < 4.78 is 1.67. The maximum atomic E-state index is 11.5. The van der Waals surface area contributed by atoms with E-state index in [0.717, 1.165) is 24.8 Å². The summed E-state index contributed by atoms with van der Waals surface area (Å²) >= 11 is 0. The largest absolute Gasteiger partial charge is 0.303 e. The first-order valence-electron chi connectivity index (χ1n) is 5.05. The van der Waals surface area contributed by atoms with Crippen molar-refractivity contribution in [2.75, 3.05) is 0 Å². The van der Waals surface area contributed by atoms with Crippen LogP contribution in [0.1, 0.15) is 37.4 Å². The lowest BCUT2D eigenvalue weighted by molar-refractivity contribution is -0.107. The molecule has 1 aliphatic carbocycles.